The van der Waals surface area contributed by atoms with Gasteiger partial charge in [-0.2, -0.15) is 0 Å². The zero-order valence-electron chi connectivity index (χ0n) is 9.00. The lowest BCUT2D eigenvalue weighted by atomic mass is 10.2. The average molecular weight is 226 g/mol. The second-order valence-corrected chi connectivity index (χ2v) is 4.63. The minimum Gasteiger partial charge on any atom is -0.298 e. The summed E-state index contributed by atoms with van der Waals surface area (Å²) in [5.41, 5.74) is 0.448. The van der Waals surface area contributed by atoms with E-state index in [2.05, 4.69) is 13.8 Å². The van der Waals surface area contributed by atoms with Crippen molar-refractivity contribution in [2.24, 2.45) is 5.92 Å². The van der Waals surface area contributed by atoms with Gasteiger partial charge in [0.25, 0.3) is 0 Å². The van der Waals surface area contributed by atoms with Crippen LogP contribution in [0.25, 0.3) is 0 Å². The summed E-state index contributed by atoms with van der Waals surface area (Å²) in [6, 6.07) is 4.60. The first-order valence-corrected chi connectivity index (χ1v) is 6.04. The van der Waals surface area contributed by atoms with Crippen LogP contribution in [0, 0.1) is 11.7 Å². The van der Waals surface area contributed by atoms with Gasteiger partial charge in [0.2, 0.25) is 0 Å². The van der Waals surface area contributed by atoms with E-state index in [9.17, 15) is 9.18 Å². The predicted octanol–water partition coefficient (Wildman–Crippen LogP) is 3.78. The Morgan fingerprint density at radius 1 is 1.53 bits per heavy atom. The summed E-state index contributed by atoms with van der Waals surface area (Å²) in [6.45, 7) is 4.22. The van der Waals surface area contributed by atoms with E-state index in [1.54, 1.807) is 12.1 Å². The molecule has 0 aliphatic rings. The van der Waals surface area contributed by atoms with Gasteiger partial charge in [-0.25, -0.2) is 4.39 Å². The number of halogens is 1. The van der Waals surface area contributed by atoms with Gasteiger partial charge in [-0.3, -0.25) is 4.79 Å². The van der Waals surface area contributed by atoms with E-state index < -0.39 is 0 Å². The summed E-state index contributed by atoms with van der Waals surface area (Å²) < 4.78 is 13.4. The normalized spacial score (nSPS) is 12.5. The number of carbonyl (C=O) groups is 1. The number of rotatable bonds is 5. The molecule has 82 valence electrons. The molecule has 0 aromatic heterocycles. The maximum Gasteiger partial charge on any atom is 0.151 e. The van der Waals surface area contributed by atoms with Crippen LogP contribution in [0.1, 0.15) is 30.6 Å². The minimum atomic E-state index is -0.298. The third-order valence-corrected chi connectivity index (χ3v) is 3.79. The average Bonchev–Trinajstić information content (AvgIpc) is 2.26. The fourth-order valence-electron chi connectivity index (χ4n) is 1.11. The molecule has 0 spiro atoms. The summed E-state index contributed by atoms with van der Waals surface area (Å²) in [5.74, 6) is 1.08. The highest BCUT2D eigenvalue weighted by molar-refractivity contribution is 7.99. The molecule has 0 radical (unpaired) electrons. The molecule has 0 amide bonds. The van der Waals surface area contributed by atoms with Crippen molar-refractivity contribution in [1.29, 1.82) is 0 Å². The van der Waals surface area contributed by atoms with Crippen LogP contribution in [0.5, 0.6) is 0 Å². The van der Waals surface area contributed by atoms with Crippen molar-refractivity contribution in [2.45, 2.75) is 25.2 Å². The number of aldehydes is 1. The number of benzene rings is 1. The van der Waals surface area contributed by atoms with E-state index in [4.69, 9.17) is 0 Å². The topological polar surface area (TPSA) is 17.1 Å². The fourth-order valence-corrected chi connectivity index (χ4v) is 2.29. The smallest absolute Gasteiger partial charge is 0.151 e. The van der Waals surface area contributed by atoms with Gasteiger partial charge in [0.15, 0.2) is 6.29 Å². The van der Waals surface area contributed by atoms with Crippen LogP contribution in [-0.4, -0.2) is 12.0 Å². The zero-order chi connectivity index (χ0) is 11.3. The predicted molar refractivity (Wildman–Crippen MR) is 62.0 cm³/mol. The SMILES string of the molecule is CCC(C)CSc1c(F)cccc1C=O. The van der Waals surface area contributed by atoms with Crippen LogP contribution in [0.3, 0.4) is 0 Å². The minimum absolute atomic E-state index is 0.298. The molecule has 1 nitrogen and oxygen atoms in total. The van der Waals surface area contributed by atoms with E-state index >= 15 is 0 Å². The fraction of sp³-hybridized carbons (Fsp3) is 0.417. The van der Waals surface area contributed by atoms with Crippen molar-refractivity contribution >= 4 is 18.0 Å². The number of carbonyl (C=O) groups excluding carboxylic acids is 1. The Morgan fingerprint density at radius 3 is 2.87 bits per heavy atom. The van der Waals surface area contributed by atoms with E-state index in [1.165, 1.54) is 17.8 Å². The van der Waals surface area contributed by atoms with E-state index in [-0.39, 0.29) is 5.82 Å². The maximum absolute atomic E-state index is 13.4. The molecule has 1 atom stereocenters. The van der Waals surface area contributed by atoms with Crippen molar-refractivity contribution in [3.8, 4) is 0 Å². The maximum atomic E-state index is 13.4. The Morgan fingerprint density at radius 2 is 2.27 bits per heavy atom. The van der Waals surface area contributed by atoms with Crippen LogP contribution >= 0.6 is 11.8 Å². The number of thioether (sulfide) groups is 1. The lowest BCUT2D eigenvalue weighted by molar-refractivity contribution is 0.112. The highest BCUT2D eigenvalue weighted by Crippen LogP contribution is 2.27. The molecule has 1 unspecified atom stereocenters. The van der Waals surface area contributed by atoms with Gasteiger partial charge in [-0.1, -0.05) is 32.4 Å². The van der Waals surface area contributed by atoms with Crippen LogP contribution in [0.15, 0.2) is 23.1 Å². The molecule has 0 aliphatic carbocycles. The molecule has 1 aromatic rings. The van der Waals surface area contributed by atoms with Crippen LogP contribution in [0.4, 0.5) is 4.39 Å². The summed E-state index contributed by atoms with van der Waals surface area (Å²) in [6.07, 6.45) is 1.78. The Kier molecular flexibility index (Phi) is 4.82. The summed E-state index contributed by atoms with van der Waals surface area (Å²) in [5, 5.41) is 0. The Bertz CT molecular complexity index is 338. The Hall–Kier alpha value is -0.830. The van der Waals surface area contributed by atoms with E-state index in [0.717, 1.165) is 12.2 Å². The molecule has 0 saturated carbocycles. The van der Waals surface area contributed by atoms with Gasteiger partial charge in [0.1, 0.15) is 5.82 Å². The molecular formula is C12H15FOS. The van der Waals surface area contributed by atoms with E-state index in [0.29, 0.717) is 22.7 Å². The molecule has 15 heavy (non-hydrogen) atoms. The van der Waals surface area contributed by atoms with Gasteiger partial charge in [-0.15, -0.1) is 11.8 Å². The third kappa shape index (κ3) is 3.34. The van der Waals surface area contributed by atoms with Gasteiger partial charge >= 0.3 is 0 Å². The molecule has 3 heteroatoms. The first-order chi connectivity index (χ1) is 7.19. The third-order valence-electron chi connectivity index (χ3n) is 2.33. The Balaban J connectivity index is 2.78. The first kappa shape index (κ1) is 12.2. The lowest BCUT2D eigenvalue weighted by Gasteiger charge is -2.09. The van der Waals surface area contributed by atoms with Gasteiger partial charge < -0.3 is 0 Å². The molecule has 1 rings (SSSR count). The summed E-state index contributed by atoms with van der Waals surface area (Å²) >= 11 is 1.42. The molecular weight excluding hydrogens is 211 g/mol. The van der Waals surface area contributed by atoms with Gasteiger partial charge in [0, 0.05) is 11.3 Å². The second-order valence-electron chi connectivity index (χ2n) is 3.60. The number of hydrogen-bond donors (Lipinski definition) is 0. The van der Waals surface area contributed by atoms with Gasteiger partial charge in [-0.05, 0) is 12.0 Å². The summed E-state index contributed by atoms with van der Waals surface area (Å²) in [4.78, 5) is 11.2. The van der Waals surface area contributed by atoms with Gasteiger partial charge in [0.05, 0.1) is 4.90 Å². The van der Waals surface area contributed by atoms with E-state index in [1.807, 2.05) is 0 Å². The van der Waals surface area contributed by atoms with Crippen molar-refractivity contribution < 1.29 is 9.18 Å². The monoisotopic (exact) mass is 226 g/mol. The van der Waals surface area contributed by atoms with Crippen molar-refractivity contribution in [1.82, 2.24) is 0 Å². The number of hydrogen-bond acceptors (Lipinski definition) is 2. The highest BCUT2D eigenvalue weighted by Gasteiger charge is 2.09. The quantitative estimate of drug-likeness (QED) is 0.561. The van der Waals surface area contributed by atoms with Crippen molar-refractivity contribution in [3.05, 3.63) is 29.6 Å². The second kappa shape index (κ2) is 5.91. The molecule has 0 aliphatic heterocycles. The first-order valence-electron chi connectivity index (χ1n) is 5.05. The lowest BCUT2D eigenvalue weighted by Crippen LogP contribution is -1.98. The standard InChI is InChI=1S/C12H15FOS/c1-3-9(2)8-15-12-10(7-14)5-4-6-11(12)13/h4-7,9H,3,8H2,1-2H3. The molecule has 1 aromatic carbocycles. The highest BCUT2D eigenvalue weighted by atomic mass is 32.2. The molecule has 0 heterocycles. The van der Waals surface area contributed by atoms with Crippen LogP contribution in [-0.2, 0) is 0 Å². The van der Waals surface area contributed by atoms with Crippen molar-refractivity contribution in [3.63, 3.8) is 0 Å². The molecule has 0 N–H and O–H groups in total. The largest absolute Gasteiger partial charge is 0.298 e. The zero-order valence-corrected chi connectivity index (χ0v) is 9.81. The van der Waals surface area contributed by atoms with Crippen molar-refractivity contribution in [2.75, 3.05) is 5.75 Å². The molecule has 0 fully saturated rings. The van der Waals surface area contributed by atoms with Crippen LogP contribution < -0.4 is 0 Å². The Labute approximate surface area is 94.1 Å². The van der Waals surface area contributed by atoms with Crippen LogP contribution in [0.2, 0.25) is 0 Å². The molecule has 0 saturated heterocycles. The molecule has 0 bridgehead atoms. The summed E-state index contributed by atoms with van der Waals surface area (Å²) in [7, 11) is 0.